The quantitative estimate of drug-likeness (QED) is 0.753. The number of hydrogen-bond donors (Lipinski definition) is 2. The highest BCUT2D eigenvalue weighted by Crippen LogP contribution is 2.41. The number of likely N-dealkylation sites (tertiary alicyclic amines) is 1. The summed E-state index contributed by atoms with van der Waals surface area (Å²) >= 11 is 0. The first-order valence-corrected chi connectivity index (χ1v) is 10.3. The van der Waals surface area contributed by atoms with Crippen LogP contribution in [-0.2, 0) is 16.0 Å². The lowest BCUT2D eigenvalue weighted by Gasteiger charge is -2.55. The molecule has 2 N–H and O–H groups in total. The number of pyridine rings is 1. The Hall–Kier alpha value is -2.73. The summed E-state index contributed by atoms with van der Waals surface area (Å²) in [5, 5.41) is 13.1. The highest BCUT2D eigenvalue weighted by Gasteiger charge is 2.50. The number of rotatable bonds is 7. The molecule has 1 aliphatic heterocycles. The number of carbonyl (C=O) groups is 2. The maximum absolute atomic E-state index is 13.1. The minimum Gasteiger partial charge on any atom is -0.394 e. The molecule has 1 aromatic heterocycles. The van der Waals surface area contributed by atoms with Gasteiger partial charge in [-0.15, -0.1) is 0 Å². The van der Waals surface area contributed by atoms with E-state index < -0.39 is 0 Å². The van der Waals surface area contributed by atoms with Crippen LogP contribution in [0.2, 0.25) is 0 Å². The van der Waals surface area contributed by atoms with Crippen molar-refractivity contribution in [2.75, 3.05) is 13.2 Å². The Kier molecular flexibility index (Phi) is 5.90. The molecule has 1 saturated heterocycles. The summed E-state index contributed by atoms with van der Waals surface area (Å²) in [6, 6.07) is 13.2. The zero-order valence-electron chi connectivity index (χ0n) is 16.4. The molecule has 2 heterocycles. The molecule has 2 aliphatic rings. The number of nitrogens with one attached hydrogen (secondary N) is 1. The summed E-state index contributed by atoms with van der Waals surface area (Å²) in [4.78, 5) is 31.2. The van der Waals surface area contributed by atoms with Gasteiger partial charge >= 0.3 is 0 Å². The van der Waals surface area contributed by atoms with Crippen LogP contribution >= 0.6 is 0 Å². The number of amides is 2. The summed E-state index contributed by atoms with van der Waals surface area (Å²) in [5.41, 5.74) is 1.98. The standard InChI is InChI=1S/C23H27N3O3/c27-15-20-22(17-5-2-1-3-6-17)19(14-25-23(29)18-7-4-8-18)26(20)21(28)13-16-9-11-24-12-10-16/h1-3,5-6,9-12,18-20,22,27H,4,7-8,13-15H2,(H,25,29)/t19-,20+,22-/m0/s1. The van der Waals surface area contributed by atoms with Gasteiger partial charge in [0, 0.05) is 30.8 Å². The van der Waals surface area contributed by atoms with Gasteiger partial charge in [-0.05, 0) is 36.1 Å². The fourth-order valence-electron chi connectivity index (χ4n) is 4.45. The summed E-state index contributed by atoms with van der Waals surface area (Å²) in [5.74, 6) is 0.159. The Morgan fingerprint density at radius 1 is 1.07 bits per heavy atom. The molecule has 4 rings (SSSR count). The first-order valence-electron chi connectivity index (χ1n) is 10.3. The average molecular weight is 393 g/mol. The predicted molar refractivity (Wildman–Crippen MR) is 109 cm³/mol. The molecule has 1 aliphatic carbocycles. The smallest absolute Gasteiger partial charge is 0.227 e. The van der Waals surface area contributed by atoms with Crippen LogP contribution in [0.3, 0.4) is 0 Å². The van der Waals surface area contributed by atoms with Gasteiger partial charge in [0.15, 0.2) is 0 Å². The number of hydrogen-bond acceptors (Lipinski definition) is 4. The Morgan fingerprint density at radius 2 is 1.79 bits per heavy atom. The van der Waals surface area contributed by atoms with Crippen molar-refractivity contribution in [1.82, 2.24) is 15.2 Å². The van der Waals surface area contributed by atoms with E-state index >= 15 is 0 Å². The lowest BCUT2D eigenvalue weighted by atomic mass is 9.74. The second-order valence-electron chi connectivity index (χ2n) is 7.96. The van der Waals surface area contributed by atoms with Crippen molar-refractivity contribution in [3.8, 4) is 0 Å². The molecule has 0 bridgehead atoms. The molecule has 152 valence electrons. The van der Waals surface area contributed by atoms with Gasteiger partial charge in [-0.2, -0.15) is 0 Å². The van der Waals surface area contributed by atoms with Gasteiger partial charge in [0.2, 0.25) is 11.8 Å². The molecule has 3 atom stereocenters. The molecule has 2 fully saturated rings. The van der Waals surface area contributed by atoms with E-state index in [1.165, 1.54) is 0 Å². The third kappa shape index (κ3) is 4.03. The molecular formula is C23H27N3O3. The van der Waals surface area contributed by atoms with Crippen molar-refractivity contribution in [2.24, 2.45) is 5.92 Å². The van der Waals surface area contributed by atoms with Crippen LogP contribution < -0.4 is 5.32 Å². The largest absolute Gasteiger partial charge is 0.394 e. The molecule has 2 aromatic rings. The lowest BCUT2D eigenvalue weighted by molar-refractivity contribution is -0.150. The minimum absolute atomic E-state index is 0.00396. The molecule has 6 nitrogen and oxygen atoms in total. The highest BCUT2D eigenvalue weighted by molar-refractivity contribution is 5.82. The van der Waals surface area contributed by atoms with E-state index in [0.29, 0.717) is 6.54 Å². The molecular weight excluding hydrogens is 366 g/mol. The maximum Gasteiger partial charge on any atom is 0.227 e. The zero-order valence-corrected chi connectivity index (χ0v) is 16.4. The molecule has 0 spiro atoms. The van der Waals surface area contributed by atoms with Crippen molar-refractivity contribution in [3.63, 3.8) is 0 Å². The molecule has 6 heteroatoms. The van der Waals surface area contributed by atoms with E-state index in [1.807, 2.05) is 42.5 Å². The van der Waals surface area contributed by atoms with Crippen LogP contribution in [0.4, 0.5) is 0 Å². The van der Waals surface area contributed by atoms with Crippen LogP contribution in [0.5, 0.6) is 0 Å². The number of aromatic nitrogens is 1. The van der Waals surface area contributed by atoms with E-state index in [-0.39, 0.29) is 48.8 Å². The fourth-order valence-corrected chi connectivity index (χ4v) is 4.45. The Balaban J connectivity index is 1.52. The van der Waals surface area contributed by atoms with Gasteiger partial charge < -0.3 is 15.3 Å². The SMILES string of the molecule is O=C(NC[C@H]1[C@H](c2ccccc2)[C@@H](CO)N1C(=O)Cc1ccncc1)C1CCC1. The average Bonchev–Trinajstić information content (AvgIpc) is 2.67. The molecule has 0 unspecified atom stereocenters. The molecule has 1 aromatic carbocycles. The van der Waals surface area contributed by atoms with Crippen molar-refractivity contribution >= 4 is 11.8 Å². The van der Waals surface area contributed by atoms with Gasteiger partial charge in [0.25, 0.3) is 0 Å². The normalized spacial score (nSPS) is 23.8. The van der Waals surface area contributed by atoms with Gasteiger partial charge in [0.1, 0.15) is 0 Å². The Bertz CT molecular complexity index is 839. The minimum atomic E-state index is -0.280. The fraction of sp³-hybridized carbons (Fsp3) is 0.435. The summed E-state index contributed by atoms with van der Waals surface area (Å²) in [6.45, 7) is 0.308. The molecule has 1 saturated carbocycles. The first kappa shape index (κ1) is 19.6. The van der Waals surface area contributed by atoms with Crippen molar-refractivity contribution in [3.05, 3.63) is 66.0 Å². The monoisotopic (exact) mass is 393 g/mol. The second-order valence-corrected chi connectivity index (χ2v) is 7.96. The number of benzene rings is 1. The van der Waals surface area contributed by atoms with Crippen molar-refractivity contribution < 1.29 is 14.7 Å². The third-order valence-electron chi connectivity index (χ3n) is 6.27. The highest BCUT2D eigenvalue weighted by atomic mass is 16.3. The molecule has 2 amide bonds. The van der Waals surface area contributed by atoms with Crippen molar-refractivity contribution in [2.45, 2.75) is 43.7 Å². The van der Waals surface area contributed by atoms with Gasteiger partial charge in [-0.1, -0.05) is 36.8 Å². The van der Waals surface area contributed by atoms with Crippen LogP contribution in [-0.4, -0.2) is 52.0 Å². The predicted octanol–water partition coefficient (Wildman–Crippen LogP) is 1.90. The number of nitrogens with zero attached hydrogens (tertiary/aromatic N) is 2. The summed E-state index contributed by atoms with van der Waals surface area (Å²) < 4.78 is 0. The number of aliphatic hydroxyl groups is 1. The van der Waals surface area contributed by atoms with Gasteiger partial charge in [-0.25, -0.2) is 0 Å². The third-order valence-corrected chi connectivity index (χ3v) is 6.27. The van der Waals surface area contributed by atoms with Crippen LogP contribution in [0.1, 0.15) is 36.3 Å². The van der Waals surface area contributed by atoms with E-state index in [2.05, 4.69) is 10.3 Å². The van der Waals surface area contributed by atoms with E-state index in [1.54, 1.807) is 17.3 Å². The van der Waals surface area contributed by atoms with E-state index in [9.17, 15) is 14.7 Å². The van der Waals surface area contributed by atoms with Crippen LogP contribution in [0.15, 0.2) is 54.9 Å². The second kappa shape index (κ2) is 8.74. The number of aliphatic hydroxyl groups excluding tert-OH is 1. The Morgan fingerprint density at radius 3 is 2.41 bits per heavy atom. The van der Waals surface area contributed by atoms with Crippen LogP contribution in [0.25, 0.3) is 0 Å². The van der Waals surface area contributed by atoms with Gasteiger partial charge in [0.05, 0.1) is 25.1 Å². The van der Waals surface area contributed by atoms with E-state index in [0.717, 1.165) is 30.4 Å². The number of carbonyl (C=O) groups excluding carboxylic acids is 2. The molecule has 29 heavy (non-hydrogen) atoms. The maximum atomic E-state index is 13.1. The first-order chi connectivity index (χ1) is 14.2. The topological polar surface area (TPSA) is 82.5 Å². The Labute approximate surface area is 171 Å². The zero-order chi connectivity index (χ0) is 20.2. The lowest BCUT2D eigenvalue weighted by Crippen LogP contribution is -2.69. The summed E-state index contributed by atoms with van der Waals surface area (Å²) in [7, 11) is 0. The van der Waals surface area contributed by atoms with Crippen molar-refractivity contribution in [1.29, 1.82) is 0 Å². The van der Waals surface area contributed by atoms with E-state index in [4.69, 9.17) is 0 Å². The summed E-state index contributed by atoms with van der Waals surface area (Å²) in [6.07, 6.45) is 6.60. The molecule has 0 radical (unpaired) electrons. The van der Waals surface area contributed by atoms with Gasteiger partial charge in [-0.3, -0.25) is 14.6 Å². The van der Waals surface area contributed by atoms with Crippen LogP contribution in [0, 0.1) is 5.92 Å².